The summed E-state index contributed by atoms with van der Waals surface area (Å²) in [7, 11) is 1.88. The van der Waals surface area contributed by atoms with Crippen molar-refractivity contribution in [3.05, 3.63) is 46.1 Å². The van der Waals surface area contributed by atoms with Gasteiger partial charge in [-0.25, -0.2) is 0 Å². The highest BCUT2D eigenvalue weighted by Crippen LogP contribution is 2.30. The fraction of sp³-hybridized carbons (Fsp3) is 0.421. The molecule has 0 aliphatic carbocycles. The van der Waals surface area contributed by atoms with Gasteiger partial charge in [0.25, 0.3) is 0 Å². The number of piperidine rings is 1. The van der Waals surface area contributed by atoms with E-state index in [4.69, 9.17) is 32.7 Å². The van der Waals surface area contributed by atoms with Crippen molar-refractivity contribution in [2.24, 2.45) is 0 Å². The van der Waals surface area contributed by atoms with E-state index in [1.54, 1.807) is 12.1 Å². The van der Waals surface area contributed by atoms with Crippen molar-refractivity contribution in [2.45, 2.75) is 25.4 Å². The SMILES string of the molecule is CN(CC(=O)O)C1CCN(Cc2ccc(-c3ccc(Cl)c(Cl)c3)o2)CC1. The molecule has 1 aromatic heterocycles. The summed E-state index contributed by atoms with van der Waals surface area (Å²) in [5.74, 6) is 0.901. The van der Waals surface area contributed by atoms with Crippen LogP contribution in [-0.4, -0.2) is 53.6 Å². The first-order valence-electron chi connectivity index (χ1n) is 8.61. The Labute approximate surface area is 163 Å². The Morgan fingerprint density at radius 2 is 1.96 bits per heavy atom. The molecule has 0 amide bonds. The Balaban J connectivity index is 1.55. The summed E-state index contributed by atoms with van der Waals surface area (Å²) < 4.78 is 5.96. The number of halogens is 2. The van der Waals surface area contributed by atoms with E-state index in [9.17, 15) is 4.79 Å². The molecule has 0 bridgehead atoms. The van der Waals surface area contributed by atoms with E-state index in [0.29, 0.717) is 16.1 Å². The van der Waals surface area contributed by atoms with E-state index < -0.39 is 5.97 Å². The van der Waals surface area contributed by atoms with Gasteiger partial charge >= 0.3 is 5.97 Å². The molecule has 0 radical (unpaired) electrons. The topological polar surface area (TPSA) is 56.9 Å². The summed E-state index contributed by atoms with van der Waals surface area (Å²) in [4.78, 5) is 15.1. The molecular formula is C19H22Cl2N2O3. The Hall–Kier alpha value is -1.53. The van der Waals surface area contributed by atoms with Gasteiger partial charge in [0, 0.05) is 24.7 Å². The molecule has 0 atom stereocenters. The van der Waals surface area contributed by atoms with Gasteiger partial charge in [0.1, 0.15) is 11.5 Å². The molecule has 26 heavy (non-hydrogen) atoms. The van der Waals surface area contributed by atoms with Crippen LogP contribution in [0, 0.1) is 0 Å². The van der Waals surface area contributed by atoms with Crippen molar-refractivity contribution in [3.63, 3.8) is 0 Å². The number of aliphatic carboxylic acids is 1. The van der Waals surface area contributed by atoms with Crippen molar-refractivity contribution in [1.82, 2.24) is 9.80 Å². The van der Waals surface area contributed by atoms with E-state index in [1.807, 2.05) is 30.1 Å². The van der Waals surface area contributed by atoms with Crippen LogP contribution < -0.4 is 0 Å². The molecule has 140 valence electrons. The number of carboxylic acids is 1. The minimum atomic E-state index is -0.777. The zero-order valence-corrected chi connectivity index (χ0v) is 16.1. The van der Waals surface area contributed by atoms with Gasteiger partial charge < -0.3 is 9.52 Å². The van der Waals surface area contributed by atoms with Gasteiger partial charge in [0.05, 0.1) is 23.1 Å². The molecule has 1 saturated heterocycles. The fourth-order valence-corrected chi connectivity index (χ4v) is 3.65. The molecule has 1 aromatic carbocycles. The van der Waals surface area contributed by atoms with Gasteiger partial charge in [0.2, 0.25) is 0 Å². The lowest BCUT2D eigenvalue weighted by Gasteiger charge is -2.35. The third kappa shape index (κ3) is 4.80. The van der Waals surface area contributed by atoms with E-state index in [-0.39, 0.29) is 6.54 Å². The monoisotopic (exact) mass is 396 g/mol. The third-order valence-corrected chi connectivity index (χ3v) is 5.55. The quantitative estimate of drug-likeness (QED) is 0.791. The van der Waals surface area contributed by atoms with Crippen LogP contribution in [0.5, 0.6) is 0 Å². The Bertz CT molecular complexity index is 770. The molecule has 1 aliphatic heterocycles. The Kier molecular flexibility index (Phi) is 6.24. The van der Waals surface area contributed by atoms with E-state index in [0.717, 1.165) is 49.6 Å². The molecule has 3 rings (SSSR count). The first kappa shape index (κ1) is 19.2. The van der Waals surface area contributed by atoms with E-state index in [2.05, 4.69) is 4.90 Å². The summed E-state index contributed by atoms with van der Waals surface area (Å²) >= 11 is 12.0. The highest BCUT2D eigenvalue weighted by atomic mass is 35.5. The van der Waals surface area contributed by atoms with Gasteiger partial charge in [-0.2, -0.15) is 0 Å². The van der Waals surface area contributed by atoms with E-state index in [1.165, 1.54) is 0 Å². The average Bonchev–Trinajstić information content (AvgIpc) is 3.06. The van der Waals surface area contributed by atoms with Crippen molar-refractivity contribution in [1.29, 1.82) is 0 Å². The first-order valence-corrected chi connectivity index (χ1v) is 9.36. The van der Waals surface area contributed by atoms with Crippen LogP contribution >= 0.6 is 23.2 Å². The lowest BCUT2D eigenvalue weighted by molar-refractivity contribution is -0.138. The third-order valence-electron chi connectivity index (χ3n) is 4.81. The number of carboxylic acid groups (broad SMARTS) is 1. The van der Waals surface area contributed by atoms with Gasteiger partial charge in [-0.15, -0.1) is 0 Å². The molecular weight excluding hydrogens is 375 g/mol. The standard InChI is InChI=1S/C19H22Cl2N2O3/c1-22(12-19(24)25)14-6-8-23(9-7-14)11-15-3-5-18(26-15)13-2-4-16(20)17(21)10-13/h2-5,10,14H,6-9,11-12H2,1H3,(H,24,25). The lowest BCUT2D eigenvalue weighted by atomic mass is 10.0. The van der Waals surface area contributed by atoms with Crippen LogP contribution in [0.3, 0.4) is 0 Å². The second-order valence-electron chi connectivity index (χ2n) is 6.71. The predicted octanol–water partition coefficient (Wildman–Crippen LogP) is 4.23. The largest absolute Gasteiger partial charge is 0.480 e. The van der Waals surface area contributed by atoms with Crippen LogP contribution in [0.2, 0.25) is 10.0 Å². The second-order valence-corrected chi connectivity index (χ2v) is 7.53. The Morgan fingerprint density at radius 1 is 1.23 bits per heavy atom. The number of carbonyl (C=O) groups is 1. The number of furan rings is 1. The predicted molar refractivity (Wildman–Crippen MR) is 103 cm³/mol. The molecule has 1 aliphatic rings. The number of hydrogen-bond acceptors (Lipinski definition) is 4. The van der Waals surface area contributed by atoms with Crippen LogP contribution in [0.15, 0.2) is 34.7 Å². The van der Waals surface area contributed by atoms with E-state index >= 15 is 0 Å². The average molecular weight is 397 g/mol. The molecule has 1 fully saturated rings. The maximum Gasteiger partial charge on any atom is 0.317 e. The number of hydrogen-bond donors (Lipinski definition) is 1. The molecule has 2 aromatic rings. The van der Waals surface area contributed by atoms with Crippen molar-refractivity contribution in [3.8, 4) is 11.3 Å². The first-order chi connectivity index (χ1) is 12.4. The molecule has 0 unspecified atom stereocenters. The second kappa shape index (κ2) is 8.44. The number of nitrogens with zero attached hydrogens (tertiary/aromatic N) is 2. The van der Waals surface area contributed by atoms with Gasteiger partial charge in [-0.3, -0.25) is 14.6 Å². The minimum absolute atomic E-state index is 0.0931. The highest BCUT2D eigenvalue weighted by Gasteiger charge is 2.24. The molecule has 5 nitrogen and oxygen atoms in total. The van der Waals surface area contributed by atoms with Crippen molar-refractivity contribution in [2.75, 3.05) is 26.7 Å². The molecule has 0 spiro atoms. The van der Waals surface area contributed by atoms with Gasteiger partial charge in [0.15, 0.2) is 0 Å². The summed E-state index contributed by atoms with van der Waals surface area (Å²) in [6.07, 6.45) is 1.92. The van der Waals surface area contributed by atoms with Crippen LogP contribution in [0.1, 0.15) is 18.6 Å². The van der Waals surface area contributed by atoms with Crippen LogP contribution in [0.25, 0.3) is 11.3 Å². The summed E-state index contributed by atoms with van der Waals surface area (Å²) in [6.45, 7) is 2.70. The maximum atomic E-state index is 10.8. The van der Waals surface area contributed by atoms with Gasteiger partial charge in [-0.1, -0.05) is 23.2 Å². The van der Waals surface area contributed by atoms with Gasteiger partial charge in [-0.05, 0) is 50.2 Å². The molecule has 7 heteroatoms. The maximum absolute atomic E-state index is 10.8. The molecule has 0 saturated carbocycles. The summed E-state index contributed by atoms with van der Waals surface area (Å²) in [6, 6.07) is 9.71. The van der Waals surface area contributed by atoms with Crippen molar-refractivity contribution < 1.29 is 14.3 Å². The number of likely N-dealkylation sites (tertiary alicyclic amines) is 1. The summed E-state index contributed by atoms with van der Waals surface area (Å²) in [5, 5.41) is 9.94. The molecule has 2 heterocycles. The fourth-order valence-electron chi connectivity index (χ4n) is 3.35. The highest BCUT2D eigenvalue weighted by molar-refractivity contribution is 6.42. The zero-order chi connectivity index (χ0) is 18.7. The number of likely N-dealkylation sites (N-methyl/N-ethyl adjacent to an activating group) is 1. The lowest BCUT2D eigenvalue weighted by Crippen LogP contribution is -2.44. The summed E-state index contributed by atoms with van der Waals surface area (Å²) in [5.41, 5.74) is 0.902. The zero-order valence-electron chi connectivity index (χ0n) is 14.6. The normalized spacial score (nSPS) is 16.3. The smallest absolute Gasteiger partial charge is 0.317 e. The van der Waals surface area contributed by atoms with Crippen molar-refractivity contribution >= 4 is 29.2 Å². The van der Waals surface area contributed by atoms with Crippen LogP contribution in [-0.2, 0) is 11.3 Å². The van der Waals surface area contributed by atoms with Crippen LogP contribution in [0.4, 0.5) is 0 Å². The Morgan fingerprint density at radius 3 is 2.62 bits per heavy atom. The number of benzene rings is 1. The molecule has 1 N–H and O–H groups in total. The minimum Gasteiger partial charge on any atom is -0.480 e. The number of rotatable bonds is 6.